The van der Waals surface area contributed by atoms with Crippen LogP contribution in [0.2, 0.25) is 5.02 Å². The lowest BCUT2D eigenvalue weighted by Crippen LogP contribution is -2.29. The molecule has 1 amide bonds. The van der Waals surface area contributed by atoms with Crippen molar-refractivity contribution in [3.8, 4) is 5.69 Å². The fourth-order valence-corrected chi connectivity index (χ4v) is 6.43. The number of aryl methyl sites for hydroxylation is 1. The standard InChI is InChI=1S/C33H31ClN4O5/c1-21-17-29(30(38(41)42)19-27(21)32(39)37-15-13-25-18-26(34)11-12-28(25)37)36-16-14-35-31(36)23-7-9-24(10-8-23)33(40)43-20-22-5-3-2-4-6-22/h2-6,11-12,14,16-19,23-24H,7-10,13,15,20H2,1H3/t23-,24-. The molecule has 1 fully saturated rings. The summed E-state index contributed by atoms with van der Waals surface area (Å²) in [6, 6.07) is 18.1. The highest BCUT2D eigenvalue weighted by molar-refractivity contribution is 6.30. The first-order valence-electron chi connectivity index (χ1n) is 14.4. The number of rotatable bonds is 7. The summed E-state index contributed by atoms with van der Waals surface area (Å²) in [5.74, 6) is 0.0831. The number of imidazole rings is 1. The summed E-state index contributed by atoms with van der Waals surface area (Å²) in [5, 5.41) is 12.9. The lowest BCUT2D eigenvalue weighted by atomic mass is 9.81. The largest absolute Gasteiger partial charge is 0.461 e. The predicted octanol–water partition coefficient (Wildman–Crippen LogP) is 6.96. The van der Waals surface area contributed by atoms with E-state index in [1.807, 2.05) is 42.5 Å². The molecule has 2 aliphatic rings. The molecule has 0 N–H and O–H groups in total. The maximum absolute atomic E-state index is 13.6. The molecule has 1 aromatic heterocycles. The van der Waals surface area contributed by atoms with Gasteiger partial charge in [-0.2, -0.15) is 0 Å². The van der Waals surface area contributed by atoms with Gasteiger partial charge in [-0.15, -0.1) is 0 Å². The highest BCUT2D eigenvalue weighted by Gasteiger charge is 2.33. The van der Waals surface area contributed by atoms with E-state index in [1.54, 1.807) is 40.9 Å². The van der Waals surface area contributed by atoms with E-state index in [0.29, 0.717) is 60.7 Å². The number of fused-ring (bicyclic) bond motifs is 1. The molecule has 10 heteroatoms. The third kappa shape index (κ3) is 5.77. The van der Waals surface area contributed by atoms with Gasteiger partial charge < -0.3 is 9.64 Å². The first-order chi connectivity index (χ1) is 20.8. The quantitative estimate of drug-likeness (QED) is 0.129. The maximum atomic E-state index is 13.6. The summed E-state index contributed by atoms with van der Waals surface area (Å²) < 4.78 is 7.32. The number of anilines is 1. The molecular formula is C33H31ClN4O5. The number of nitrogens with zero attached hydrogens (tertiary/aromatic N) is 4. The number of nitro benzene ring substituents is 1. The van der Waals surface area contributed by atoms with Crippen molar-refractivity contribution < 1.29 is 19.2 Å². The summed E-state index contributed by atoms with van der Waals surface area (Å²) in [6.45, 7) is 2.53. The number of hydrogen-bond acceptors (Lipinski definition) is 6. The maximum Gasteiger partial charge on any atom is 0.309 e. The van der Waals surface area contributed by atoms with Crippen LogP contribution in [-0.4, -0.2) is 32.9 Å². The number of nitro groups is 1. The van der Waals surface area contributed by atoms with Crippen LogP contribution in [0.5, 0.6) is 0 Å². The molecule has 0 saturated heterocycles. The number of hydrogen-bond donors (Lipinski definition) is 0. The van der Waals surface area contributed by atoms with Crippen molar-refractivity contribution in [2.45, 2.75) is 51.6 Å². The van der Waals surface area contributed by atoms with Gasteiger partial charge in [0.25, 0.3) is 11.6 Å². The van der Waals surface area contributed by atoms with E-state index >= 15 is 0 Å². The van der Waals surface area contributed by atoms with Gasteiger partial charge in [-0.1, -0.05) is 41.9 Å². The third-order valence-corrected chi connectivity index (χ3v) is 8.74. The third-order valence-electron chi connectivity index (χ3n) is 8.51. The van der Waals surface area contributed by atoms with Gasteiger partial charge in [-0.05, 0) is 80.0 Å². The molecule has 2 heterocycles. The van der Waals surface area contributed by atoms with E-state index in [-0.39, 0.29) is 41.6 Å². The molecule has 1 saturated carbocycles. The lowest BCUT2D eigenvalue weighted by Gasteiger charge is -2.27. The molecule has 0 bridgehead atoms. The zero-order valence-electron chi connectivity index (χ0n) is 23.7. The SMILES string of the molecule is Cc1cc(-n2ccnc2[C@H]2CC[C@H](C(=O)OCc3ccccc3)CC2)c([N+](=O)[O-])cc1C(=O)N1CCc2cc(Cl)ccc21. The van der Waals surface area contributed by atoms with Crippen molar-refractivity contribution in [1.29, 1.82) is 0 Å². The van der Waals surface area contributed by atoms with Crippen LogP contribution in [0.4, 0.5) is 11.4 Å². The molecule has 0 radical (unpaired) electrons. The van der Waals surface area contributed by atoms with Crippen LogP contribution in [0.1, 0.15) is 64.5 Å². The Bertz CT molecular complexity index is 1690. The van der Waals surface area contributed by atoms with Gasteiger partial charge in [0.05, 0.1) is 10.8 Å². The highest BCUT2D eigenvalue weighted by atomic mass is 35.5. The number of benzene rings is 3. The Balaban J connectivity index is 1.20. The van der Waals surface area contributed by atoms with Crippen LogP contribution in [0, 0.1) is 23.0 Å². The Morgan fingerprint density at radius 3 is 2.56 bits per heavy atom. The predicted molar refractivity (Wildman–Crippen MR) is 163 cm³/mol. The van der Waals surface area contributed by atoms with Crippen molar-refractivity contribution in [2.24, 2.45) is 5.92 Å². The smallest absolute Gasteiger partial charge is 0.309 e. The molecule has 4 aromatic rings. The van der Waals surface area contributed by atoms with Crippen LogP contribution in [-0.2, 0) is 22.6 Å². The van der Waals surface area contributed by atoms with Gasteiger partial charge in [-0.25, -0.2) is 4.98 Å². The van der Waals surface area contributed by atoms with E-state index < -0.39 is 4.92 Å². The van der Waals surface area contributed by atoms with E-state index in [0.717, 1.165) is 16.8 Å². The Morgan fingerprint density at radius 1 is 1.05 bits per heavy atom. The average Bonchev–Trinajstić information content (AvgIpc) is 3.67. The molecule has 1 aliphatic heterocycles. The van der Waals surface area contributed by atoms with E-state index in [9.17, 15) is 19.7 Å². The Kier molecular flexibility index (Phi) is 7.99. The Hall–Kier alpha value is -4.50. The summed E-state index contributed by atoms with van der Waals surface area (Å²) in [4.78, 5) is 44.4. The summed E-state index contributed by atoms with van der Waals surface area (Å²) in [5.41, 5.74) is 3.83. The molecule has 0 unspecified atom stereocenters. The second-order valence-corrected chi connectivity index (χ2v) is 11.6. The molecule has 0 atom stereocenters. The summed E-state index contributed by atoms with van der Waals surface area (Å²) in [7, 11) is 0. The van der Waals surface area contributed by atoms with Gasteiger partial charge >= 0.3 is 5.97 Å². The molecule has 220 valence electrons. The number of halogens is 1. The molecule has 9 nitrogen and oxygen atoms in total. The summed E-state index contributed by atoms with van der Waals surface area (Å²) in [6.07, 6.45) is 6.77. The molecule has 3 aromatic carbocycles. The monoisotopic (exact) mass is 598 g/mol. The van der Waals surface area contributed by atoms with E-state index in [1.165, 1.54) is 6.07 Å². The topological polar surface area (TPSA) is 108 Å². The van der Waals surface area contributed by atoms with Crippen molar-refractivity contribution in [3.63, 3.8) is 0 Å². The van der Waals surface area contributed by atoms with Crippen molar-refractivity contribution >= 4 is 34.9 Å². The van der Waals surface area contributed by atoms with Gasteiger partial charge in [0, 0.05) is 47.2 Å². The second kappa shape index (κ2) is 12.0. The van der Waals surface area contributed by atoms with Gasteiger partial charge in [0.2, 0.25) is 0 Å². The number of esters is 1. The van der Waals surface area contributed by atoms with Gasteiger partial charge in [0.15, 0.2) is 0 Å². The highest BCUT2D eigenvalue weighted by Crippen LogP contribution is 2.39. The zero-order chi connectivity index (χ0) is 30.1. The van der Waals surface area contributed by atoms with Crippen molar-refractivity contribution in [3.05, 3.63) is 116 Å². The fourth-order valence-electron chi connectivity index (χ4n) is 6.23. The zero-order valence-corrected chi connectivity index (χ0v) is 24.5. The molecule has 6 rings (SSSR count). The minimum atomic E-state index is -0.452. The van der Waals surface area contributed by atoms with Crippen LogP contribution in [0.15, 0.2) is 73.1 Å². The number of aromatic nitrogens is 2. The van der Waals surface area contributed by atoms with Gasteiger partial charge in [0.1, 0.15) is 18.1 Å². The van der Waals surface area contributed by atoms with E-state index in [2.05, 4.69) is 4.98 Å². The minimum absolute atomic E-state index is 0.0299. The average molecular weight is 599 g/mol. The van der Waals surface area contributed by atoms with Gasteiger partial charge in [-0.3, -0.25) is 24.3 Å². The number of ether oxygens (including phenoxy) is 1. The Morgan fingerprint density at radius 2 is 1.81 bits per heavy atom. The minimum Gasteiger partial charge on any atom is -0.461 e. The lowest BCUT2D eigenvalue weighted by molar-refractivity contribution is -0.384. The number of carbonyl (C=O) groups excluding carboxylic acids is 2. The molecule has 1 aliphatic carbocycles. The second-order valence-electron chi connectivity index (χ2n) is 11.2. The normalized spacial score (nSPS) is 17.9. The Labute approximate surface area is 254 Å². The molecule has 0 spiro atoms. The van der Waals surface area contributed by atoms with E-state index in [4.69, 9.17) is 16.3 Å². The van der Waals surface area contributed by atoms with Crippen LogP contribution in [0.3, 0.4) is 0 Å². The first-order valence-corrected chi connectivity index (χ1v) is 14.8. The van der Waals surface area contributed by atoms with Crippen LogP contribution >= 0.6 is 11.6 Å². The van der Waals surface area contributed by atoms with Crippen LogP contribution < -0.4 is 4.90 Å². The van der Waals surface area contributed by atoms with Crippen LogP contribution in [0.25, 0.3) is 5.69 Å². The fraction of sp³-hybridized carbons (Fsp3) is 0.303. The molecular weight excluding hydrogens is 568 g/mol. The number of amides is 1. The van der Waals surface area contributed by atoms with Crippen molar-refractivity contribution in [2.75, 3.05) is 11.4 Å². The first kappa shape index (κ1) is 28.6. The molecule has 43 heavy (non-hydrogen) atoms. The number of carbonyl (C=O) groups is 2. The summed E-state index contributed by atoms with van der Waals surface area (Å²) >= 11 is 6.13. The van der Waals surface area contributed by atoms with Crippen molar-refractivity contribution in [1.82, 2.24) is 9.55 Å².